The van der Waals surface area contributed by atoms with Crippen LogP contribution in [0, 0.1) is 5.82 Å². The van der Waals surface area contributed by atoms with Gasteiger partial charge in [-0.15, -0.1) is 0 Å². The number of rotatable bonds is 3. The molecule has 1 atom stereocenters. The predicted molar refractivity (Wildman–Crippen MR) is 79.1 cm³/mol. The smallest absolute Gasteiger partial charge is 0.412 e. The molecular weight excluding hydrogens is 275 g/mol. The molecule has 0 radical (unpaired) electrons. The van der Waals surface area contributed by atoms with Crippen LogP contribution in [0.3, 0.4) is 0 Å². The maximum absolute atomic E-state index is 13.4. The molecule has 0 aliphatic carbocycles. The fraction of sp³-hybridized carbons (Fsp3) is 0.533. The number of benzene rings is 1. The summed E-state index contributed by atoms with van der Waals surface area (Å²) in [5.41, 5.74) is 0.422. The standard InChI is InChI=1S/C15H21FN2O3/c1-15(2,3)21-14(19)18-12-5-4-10(16)8-13(12)17-11-6-7-20-9-11/h4-5,8,11,17H,6-7,9H2,1-3H3,(H,18,19). The van der Waals surface area contributed by atoms with Crippen molar-refractivity contribution >= 4 is 17.5 Å². The van der Waals surface area contributed by atoms with Gasteiger partial charge in [0, 0.05) is 6.61 Å². The fourth-order valence-corrected chi connectivity index (χ4v) is 2.03. The molecule has 1 aliphatic rings. The molecule has 2 N–H and O–H groups in total. The Balaban J connectivity index is 2.08. The van der Waals surface area contributed by atoms with Gasteiger partial charge in [0.25, 0.3) is 0 Å². The third-order valence-corrected chi connectivity index (χ3v) is 2.91. The topological polar surface area (TPSA) is 59.6 Å². The molecule has 1 amide bonds. The minimum Gasteiger partial charge on any atom is -0.444 e. The number of hydrogen-bond donors (Lipinski definition) is 2. The summed E-state index contributed by atoms with van der Waals surface area (Å²) in [6, 6.07) is 4.27. The molecule has 1 saturated heterocycles. The van der Waals surface area contributed by atoms with Crippen LogP contribution >= 0.6 is 0 Å². The molecular formula is C15H21FN2O3. The van der Waals surface area contributed by atoms with Gasteiger partial charge in [-0.25, -0.2) is 9.18 Å². The van der Waals surface area contributed by atoms with E-state index in [1.807, 2.05) is 0 Å². The number of anilines is 2. The van der Waals surface area contributed by atoms with Crippen molar-refractivity contribution in [3.8, 4) is 0 Å². The van der Waals surface area contributed by atoms with Gasteiger partial charge in [0.15, 0.2) is 0 Å². The van der Waals surface area contributed by atoms with Crippen LogP contribution in [0.2, 0.25) is 0 Å². The van der Waals surface area contributed by atoms with Crippen LogP contribution in [0.4, 0.5) is 20.6 Å². The molecule has 1 aromatic carbocycles. The average molecular weight is 296 g/mol. The summed E-state index contributed by atoms with van der Waals surface area (Å²) in [5.74, 6) is -0.369. The Morgan fingerprint density at radius 2 is 2.14 bits per heavy atom. The minimum atomic E-state index is -0.586. The second kappa shape index (κ2) is 6.30. The lowest BCUT2D eigenvalue weighted by Gasteiger charge is -2.21. The minimum absolute atomic E-state index is 0.117. The molecule has 1 aromatic rings. The zero-order valence-electron chi connectivity index (χ0n) is 12.5. The Labute approximate surface area is 123 Å². The van der Waals surface area contributed by atoms with Gasteiger partial charge in [-0.3, -0.25) is 5.32 Å². The Morgan fingerprint density at radius 1 is 1.38 bits per heavy atom. The largest absolute Gasteiger partial charge is 0.444 e. The van der Waals surface area contributed by atoms with E-state index in [1.54, 1.807) is 20.8 Å². The highest BCUT2D eigenvalue weighted by atomic mass is 19.1. The number of hydrogen-bond acceptors (Lipinski definition) is 4. The van der Waals surface area contributed by atoms with Gasteiger partial charge in [-0.05, 0) is 45.4 Å². The second-order valence-corrected chi connectivity index (χ2v) is 6.02. The normalized spacial score (nSPS) is 18.4. The molecule has 5 nitrogen and oxygen atoms in total. The molecule has 1 aliphatic heterocycles. The van der Waals surface area contributed by atoms with Crippen molar-refractivity contribution in [2.45, 2.75) is 38.8 Å². The molecule has 0 spiro atoms. The van der Waals surface area contributed by atoms with Crippen molar-refractivity contribution in [1.82, 2.24) is 0 Å². The molecule has 116 valence electrons. The summed E-state index contributed by atoms with van der Waals surface area (Å²) in [6.07, 6.45) is 0.280. The van der Waals surface area contributed by atoms with Gasteiger partial charge < -0.3 is 14.8 Å². The van der Waals surface area contributed by atoms with Crippen LogP contribution < -0.4 is 10.6 Å². The van der Waals surface area contributed by atoms with Crippen molar-refractivity contribution in [1.29, 1.82) is 0 Å². The highest BCUT2D eigenvalue weighted by Gasteiger charge is 2.20. The number of halogens is 1. The summed E-state index contributed by atoms with van der Waals surface area (Å²) in [4.78, 5) is 11.8. The maximum Gasteiger partial charge on any atom is 0.412 e. The first-order valence-corrected chi connectivity index (χ1v) is 6.97. The quantitative estimate of drug-likeness (QED) is 0.897. The lowest BCUT2D eigenvalue weighted by Crippen LogP contribution is -2.28. The van der Waals surface area contributed by atoms with Gasteiger partial charge in [0.05, 0.1) is 24.0 Å². The van der Waals surface area contributed by atoms with Crippen molar-refractivity contribution in [2.24, 2.45) is 0 Å². The van der Waals surface area contributed by atoms with Crippen LogP contribution in [0.5, 0.6) is 0 Å². The van der Waals surface area contributed by atoms with Crippen molar-refractivity contribution in [3.63, 3.8) is 0 Å². The third kappa shape index (κ3) is 4.90. The van der Waals surface area contributed by atoms with E-state index >= 15 is 0 Å². The highest BCUT2D eigenvalue weighted by molar-refractivity contribution is 5.89. The number of carbonyl (C=O) groups is 1. The van der Waals surface area contributed by atoms with Gasteiger partial charge in [-0.1, -0.05) is 0 Å². The zero-order chi connectivity index (χ0) is 15.5. The monoisotopic (exact) mass is 296 g/mol. The van der Waals surface area contributed by atoms with E-state index in [2.05, 4.69) is 10.6 Å². The SMILES string of the molecule is CC(C)(C)OC(=O)Nc1ccc(F)cc1NC1CCOC1. The Bertz CT molecular complexity index is 508. The maximum atomic E-state index is 13.4. The van der Waals surface area contributed by atoms with Crippen LogP contribution in [0.1, 0.15) is 27.2 Å². The van der Waals surface area contributed by atoms with Gasteiger partial charge in [0.2, 0.25) is 0 Å². The number of amides is 1. The van der Waals surface area contributed by atoms with Crippen molar-refractivity contribution in [3.05, 3.63) is 24.0 Å². The summed E-state index contributed by atoms with van der Waals surface area (Å²) in [5, 5.41) is 5.82. The summed E-state index contributed by atoms with van der Waals surface area (Å²) < 4.78 is 23.9. The first-order valence-electron chi connectivity index (χ1n) is 6.97. The predicted octanol–water partition coefficient (Wildman–Crippen LogP) is 3.37. The van der Waals surface area contributed by atoms with Crippen LogP contribution in [0.25, 0.3) is 0 Å². The van der Waals surface area contributed by atoms with Crippen LogP contribution in [-0.2, 0) is 9.47 Å². The summed E-state index contributed by atoms with van der Waals surface area (Å²) in [6.45, 7) is 6.61. The molecule has 21 heavy (non-hydrogen) atoms. The molecule has 1 unspecified atom stereocenters. The van der Waals surface area contributed by atoms with Crippen molar-refractivity contribution < 1.29 is 18.7 Å². The second-order valence-electron chi connectivity index (χ2n) is 6.02. The Kier molecular flexibility index (Phi) is 4.67. The van der Waals surface area contributed by atoms with E-state index in [4.69, 9.17) is 9.47 Å². The van der Waals surface area contributed by atoms with Gasteiger partial charge in [0.1, 0.15) is 11.4 Å². The number of carbonyl (C=O) groups excluding carboxylic acids is 1. The fourth-order valence-electron chi connectivity index (χ4n) is 2.03. The highest BCUT2D eigenvalue weighted by Crippen LogP contribution is 2.25. The molecule has 0 bridgehead atoms. The molecule has 0 saturated carbocycles. The summed E-state index contributed by atoms with van der Waals surface area (Å²) >= 11 is 0. The number of ether oxygens (including phenoxy) is 2. The van der Waals surface area contributed by atoms with Crippen LogP contribution in [0.15, 0.2) is 18.2 Å². The van der Waals surface area contributed by atoms with E-state index in [-0.39, 0.29) is 11.9 Å². The molecule has 0 aromatic heterocycles. The average Bonchev–Trinajstić information content (AvgIpc) is 2.83. The van der Waals surface area contributed by atoms with E-state index in [0.29, 0.717) is 24.6 Å². The molecule has 1 fully saturated rings. The van der Waals surface area contributed by atoms with Crippen molar-refractivity contribution in [2.75, 3.05) is 23.8 Å². The zero-order valence-corrected chi connectivity index (χ0v) is 12.5. The summed E-state index contributed by atoms with van der Waals surface area (Å²) in [7, 11) is 0. The first-order chi connectivity index (χ1) is 9.83. The van der Waals surface area contributed by atoms with Crippen LogP contribution in [-0.4, -0.2) is 30.9 Å². The Hall–Kier alpha value is -1.82. The van der Waals surface area contributed by atoms with E-state index < -0.39 is 11.7 Å². The van der Waals surface area contributed by atoms with Gasteiger partial charge >= 0.3 is 6.09 Å². The lowest BCUT2D eigenvalue weighted by atomic mass is 10.2. The molecule has 6 heteroatoms. The third-order valence-electron chi connectivity index (χ3n) is 2.91. The van der Waals surface area contributed by atoms with E-state index in [1.165, 1.54) is 18.2 Å². The molecule has 1 heterocycles. The van der Waals surface area contributed by atoms with E-state index in [9.17, 15) is 9.18 Å². The first kappa shape index (κ1) is 15.6. The van der Waals surface area contributed by atoms with Gasteiger partial charge in [-0.2, -0.15) is 0 Å². The van der Waals surface area contributed by atoms with E-state index in [0.717, 1.165) is 6.42 Å². The lowest BCUT2D eigenvalue weighted by molar-refractivity contribution is 0.0636. The molecule has 2 rings (SSSR count). The Morgan fingerprint density at radius 3 is 2.76 bits per heavy atom. The number of nitrogens with one attached hydrogen (secondary N) is 2.